The Hall–Kier alpha value is -1.66. The van der Waals surface area contributed by atoms with Gasteiger partial charge in [0.2, 0.25) is 12.6 Å². The molecule has 0 saturated heterocycles. The Kier molecular flexibility index (Phi) is 4.78. The minimum absolute atomic E-state index is 0.0583. The van der Waals surface area contributed by atoms with Crippen LogP contribution in [0.25, 0.3) is 0 Å². The molecule has 0 radical (unpaired) electrons. The molecule has 0 aromatic heterocycles. The van der Waals surface area contributed by atoms with Crippen molar-refractivity contribution in [1.29, 1.82) is 0 Å². The van der Waals surface area contributed by atoms with E-state index < -0.39 is 24.5 Å². The third kappa shape index (κ3) is 2.78. The summed E-state index contributed by atoms with van der Waals surface area (Å²) in [4.78, 5) is 24.4. The highest BCUT2D eigenvalue weighted by atomic mass is 16.6. The van der Waals surface area contributed by atoms with Gasteiger partial charge in [-0.2, -0.15) is 0 Å². The minimum atomic E-state index is -1.22. The smallest absolute Gasteiger partial charge is 0.337 e. The van der Waals surface area contributed by atoms with Gasteiger partial charge in [-0.3, -0.25) is 0 Å². The number of cyclic esters (lactones) is 2. The standard InChI is InChI=1S/C18H24O6/c1-3-5-10-9(4-2)8-13-11(15(19)23-17(13)21)6-7-12-14(10)18(22)24-16(12)20/h9-10,15-16,19-20H,3-8H2,1-2H3/t9-,10-,15+,16-/m1/s1. The average Bonchev–Trinajstić information content (AvgIpc) is 2.98. The predicted octanol–water partition coefficient (Wildman–Crippen LogP) is 1.96. The molecule has 0 saturated carbocycles. The molecule has 0 unspecified atom stereocenters. The zero-order valence-electron chi connectivity index (χ0n) is 14.1. The number of esters is 2. The van der Waals surface area contributed by atoms with Crippen molar-refractivity contribution in [3.63, 3.8) is 0 Å². The molecule has 0 aromatic rings. The van der Waals surface area contributed by atoms with Crippen LogP contribution in [-0.4, -0.2) is 34.7 Å². The second-order valence-electron chi connectivity index (χ2n) is 6.73. The number of ether oxygens (including phenoxy) is 2. The van der Waals surface area contributed by atoms with Crippen LogP contribution in [0.1, 0.15) is 52.4 Å². The summed E-state index contributed by atoms with van der Waals surface area (Å²) in [5.74, 6) is -0.901. The maximum Gasteiger partial charge on any atom is 0.337 e. The number of rotatable bonds is 3. The number of carbonyl (C=O) groups is 2. The van der Waals surface area contributed by atoms with Crippen molar-refractivity contribution in [2.45, 2.75) is 65.0 Å². The van der Waals surface area contributed by atoms with E-state index in [9.17, 15) is 19.8 Å². The Balaban J connectivity index is 2.07. The molecule has 2 aliphatic heterocycles. The molecule has 2 N–H and O–H groups in total. The molecule has 0 spiro atoms. The lowest BCUT2D eigenvalue weighted by molar-refractivity contribution is -0.153. The molecule has 0 fully saturated rings. The lowest BCUT2D eigenvalue weighted by atomic mass is 9.76. The van der Waals surface area contributed by atoms with Crippen LogP contribution in [0.15, 0.2) is 22.3 Å². The van der Waals surface area contributed by atoms with Gasteiger partial charge >= 0.3 is 11.9 Å². The van der Waals surface area contributed by atoms with E-state index >= 15 is 0 Å². The highest BCUT2D eigenvalue weighted by molar-refractivity contribution is 5.94. The van der Waals surface area contributed by atoms with Gasteiger partial charge in [-0.15, -0.1) is 0 Å². The summed E-state index contributed by atoms with van der Waals surface area (Å²) >= 11 is 0. The Bertz CT molecular complexity index is 617. The largest absolute Gasteiger partial charge is 0.428 e. The average molecular weight is 336 g/mol. The van der Waals surface area contributed by atoms with Gasteiger partial charge < -0.3 is 19.7 Å². The summed E-state index contributed by atoms with van der Waals surface area (Å²) in [6.07, 6.45) is 1.26. The topological polar surface area (TPSA) is 93.1 Å². The molecular formula is C18H24O6. The van der Waals surface area contributed by atoms with Crippen LogP contribution in [0.4, 0.5) is 0 Å². The second kappa shape index (κ2) is 6.69. The van der Waals surface area contributed by atoms with Gasteiger partial charge in [-0.25, -0.2) is 9.59 Å². The van der Waals surface area contributed by atoms with E-state index in [1.807, 2.05) is 6.92 Å². The summed E-state index contributed by atoms with van der Waals surface area (Å²) in [5, 5.41) is 20.1. The summed E-state index contributed by atoms with van der Waals surface area (Å²) in [6, 6.07) is 0. The zero-order valence-corrected chi connectivity index (χ0v) is 14.1. The summed E-state index contributed by atoms with van der Waals surface area (Å²) in [5.41, 5.74) is 2.30. The molecule has 0 amide bonds. The quantitative estimate of drug-likeness (QED) is 0.765. The van der Waals surface area contributed by atoms with E-state index in [1.54, 1.807) is 0 Å². The first-order valence-corrected chi connectivity index (χ1v) is 8.70. The van der Waals surface area contributed by atoms with E-state index in [2.05, 4.69) is 6.92 Å². The van der Waals surface area contributed by atoms with E-state index in [1.165, 1.54) is 0 Å². The van der Waals surface area contributed by atoms with Gasteiger partial charge in [0, 0.05) is 22.3 Å². The molecule has 132 valence electrons. The van der Waals surface area contributed by atoms with Crippen molar-refractivity contribution in [1.82, 2.24) is 0 Å². The molecular weight excluding hydrogens is 312 g/mol. The zero-order chi connectivity index (χ0) is 17.4. The number of aliphatic hydroxyl groups is 2. The van der Waals surface area contributed by atoms with Gasteiger partial charge in [0.25, 0.3) is 0 Å². The summed E-state index contributed by atoms with van der Waals surface area (Å²) in [7, 11) is 0. The summed E-state index contributed by atoms with van der Waals surface area (Å²) < 4.78 is 10.0. The second-order valence-corrected chi connectivity index (χ2v) is 6.73. The maximum absolute atomic E-state index is 12.3. The highest BCUT2D eigenvalue weighted by Gasteiger charge is 2.43. The lowest BCUT2D eigenvalue weighted by Crippen LogP contribution is -2.22. The van der Waals surface area contributed by atoms with E-state index in [4.69, 9.17) is 9.47 Å². The maximum atomic E-state index is 12.3. The van der Waals surface area contributed by atoms with Crippen LogP contribution in [0.5, 0.6) is 0 Å². The summed E-state index contributed by atoms with van der Waals surface area (Å²) in [6.45, 7) is 4.08. The molecule has 1 aliphatic carbocycles. The van der Waals surface area contributed by atoms with Crippen LogP contribution < -0.4 is 0 Å². The van der Waals surface area contributed by atoms with Crippen LogP contribution in [0, 0.1) is 11.8 Å². The van der Waals surface area contributed by atoms with Crippen molar-refractivity contribution < 1.29 is 29.3 Å². The van der Waals surface area contributed by atoms with Gasteiger partial charge in [0.1, 0.15) is 0 Å². The van der Waals surface area contributed by atoms with Gasteiger partial charge in [0.05, 0.1) is 0 Å². The highest BCUT2D eigenvalue weighted by Crippen LogP contribution is 2.44. The van der Waals surface area contributed by atoms with E-state index in [-0.39, 0.29) is 11.8 Å². The van der Waals surface area contributed by atoms with E-state index in [0.29, 0.717) is 41.6 Å². The van der Waals surface area contributed by atoms with Crippen molar-refractivity contribution in [3.05, 3.63) is 22.3 Å². The molecule has 24 heavy (non-hydrogen) atoms. The minimum Gasteiger partial charge on any atom is -0.428 e. The fourth-order valence-corrected chi connectivity index (χ4v) is 4.19. The third-order valence-electron chi connectivity index (χ3n) is 5.43. The first-order valence-electron chi connectivity index (χ1n) is 8.70. The van der Waals surface area contributed by atoms with Crippen LogP contribution in [0.2, 0.25) is 0 Å². The molecule has 0 bridgehead atoms. The van der Waals surface area contributed by atoms with Gasteiger partial charge in [0.15, 0.2) is 0 Å². The molecule has 4 atom stereocenters. The van der Waals surface area contributed by atoms with E-state index in [0.717, 1.165) is 19.3 Å². The monoisotopic (exact) mass is 336 g/mol. The van der Waals surface area contributed by atoms with Gasteiger partial charge in [-0.05, 0) is 37.5 Å². The van der Waals surface area contributed by atoms with Crippen LogP contribution >= 0.6 is 0 Å². The molecule has 6 heteroatoms. The molecule has 3 rings (SSSR count). The SMILES string of the molecule is CCC[C@H]1C2=C(CCC3=C(C[C@H]1CC)C(=O)O[C@@H]3O)[C@H](O)OC2=O. The Morgan fingerprint density at radius 1 is 1.00 bits per heavy atom. The number of aliphatic hydroxyl groups excluding tert-OH is 2. The first-order chi connectivity index (χ1) is 11.5. The predicted molar refractivity (Wildman–Crippen MR) is 84.3 cm³/mol. The van der Waals surface area contributed by atoms with Crippen LogP contribution in [0.3, 0.4) is 0 Å². The number of carbonyl (C=O) groups excluding carboxylic acids is 2. The molecule has 3 aliphatic rings. The lowest BCUT2D eigenvalue weighted by Gasteiger charge is -2.26. The fourth-order valence-electron chi connectivity index (χ4n) is 4.19. The van der Waals surface area contributed by atoms with Crippen molar-refractivity contribution in [2.75, 3.05) is 0 Å². The van der Waals surface area contributed by atoms with Crippen molar-refractivity contribution in [3.8, 4) is 0 Å². The molecule has 2 heterocycles. The van der Waals surface area contributed by atoms with Gasteiger partial charge in [-0.1, -0.05) is 26.7 Å². The Morgan fingerprint density at radius 3 is 2.29 bits per heavy atom. The molecule has 6 nitrogen and oxygen atoms in total. The fraction of sp³-hybridized carbons (Fsp3) is 0.667. The molecule has 0 aromatic carbocycles. The van der Waals surface area contributed by atoms with Crippen LogP contribution in [-0.2, 0) is 19.1 Å². The number of hydrogen-bond donors (Lipinski definition) is 2. The third-order valence-corrected chi connectivity index (χ3v) is 5.43. The number of hydrogen-bond acceptors (Lipinski definition) is 6. The van der Waals surface area contributed by atoms with Crippen molar-refractivity contribution in [2.24, 2.45) is 11.8 Å². The Labute approximate surface area is 141 Å². The Morgan fingerprint density at radius 2 is 1.62 bits per heavy atom. The normalized spacial score (nSPS) is 33.5. The first kappa shape index (κ1) is 17.2. The van der Waals surface area contributed by atoms with Crippen molar-refractivity contribution >= 4 is 11.9 Å².